The lowest BCUT2D eigenvalue weighted by Gasteiger charge is -2.12. The average Bonchev–Trinajstić information content (AvgIpc) is 2.67. The van der Waals surface area contributed by atoms with Crippen LogP contribution in [0.4, 0.5) is 10.5 Å². The van der Waals surface area contributed by atoms with Gasteiger partial charge in [0.25, 0.3) is 5.91 Å². The van der Waals surface area contributed by atoms with Crippen molar-refractivity contribution >= 4 is 52.4 Å². The number of rotatable bonds is 3. The van der Waals surface area contributed by atoms with Crippen LogP contribution in [-0.4, -0.2) is 22.0 Å². The fourth-order valence-electron chi connectivity index (χ4n) is 2.37. The third kappa shape index (κ3) is 4.36. The van der Waals surface area contributed by atoms with Gasteiger partial charge in [0.1, 0.15) is 0 Å². The molecule has 0 fully saturated rings. The van der Waals surface area contributed by atoms with Crippen LogP contribution in [0, 0.1) is 0 Å². The summed E-state index contributed by atoms with van der Waals surface area (Å²) < 4.78 is 0. The van der Waals surface area contributed by atoms with Crippen LogP contribution in [0.15, 0.2) is 54.7 Å². The van der Waals surface area contributed by atoms with E-state index in [0.29, 0.717) is 16.3 Å². The second-order valence-electron chi connectivity index (χ2n) is 5.57. The van der Waals surface area contributed by atoms with Crippen LogP contribution in [0.2, 0.25) is 15.1 Å². The summed E-state index contributed by atoms with van der Waals surface area (Å²) in [5.74, 6) is -1.05. The van der Waals surface area contributed by atoms with Gasteiger partial charge in [-0.05, 0) is 36.4 Å². The molecule has 0 aliphatic carbocycles. The summed E-state index contributed by atoms with van der Waals surface area (Å²) >= 11 is 17.9. The Hall–Kier alpha value is -2.80. The summed E-state index contributed by atoms with van der Waals surface area (Å²) in [6.45, 7) is 0. The van der Waals surface area contributed by atoms with Crippen LogP contribution in [0.1, 0.15) is 10.4 Å². The number of phenolic OH excluding ortho intramolecular Hbond substituents is 1. The number of hydrogen-bond acceptors (Lipinski definition) is 4. The molecule has 0 atom stereocenters. The number of anilines is 1. The minimum Gasteiger partial charge on any atom is -0.504 e. The molecule has 3 N–H and O–H groups in total. The number of aromatic nitrogens is 1. The first-order valence-corrected chi connectivity index (χ1v) is 9.00. The van der Waals surface area contributed by atoms with E-state index in [4.69, 9.17) is 34.8 Å². The molecule has 28 heavy (non-hydrogen) atoms. The normalized spacial score (nSPS) is 10.4. The van der Waals surface area contributed by atoms with Gasteiger partial charge in [-0.1, -0.05) is 46.9 Å². The van der Waals surface area contributed by atoms with E-state index in [2.05, 4.69) is 15.6 Å². The van der Waals surface area contributed by atoms with Crippen molar-refractivity contribution in [2.24, 2.45) is 0 Å². The van der Waals surface area contributed by atoms with E-state index in [0.717, 1.165) is 0 Å². The molecule has 0 aliphatic heterocycles. The van der Waals surface area contributed by atoms with Crippen LogP contribution < -0.4 is 10.6 Å². The van der Waals surface area contributed by atoms with Crippen molar-refractivity contribution in [3.63, 3.8) is 0 Å². The Bertz CT molecular complexity index is 1060. The van der Waals surface area contributed by atoms with Gasteiger partial charge in [-0.3, -0.25) is 15.1 Å². The highest BCUT2D eigenvalue weighted by molar-refractivity contribution is 6.35. The molecular formula is C19H12Cl3N3O3. The first-order valence-electron chi connectivity index (χ1n) is 7.87. The zero-order valence-corrected chi connectivity index (χ0v) is 16.3. The summed E-state index contributed by atoms with van der Waals surface area (Å²) in [7, 11) is 0. The second kappa shape index (κ2) is 8.48. The zero-order chi connectivity index (χ0) is 20.3. The molecule has 1 aromatic heterocycles. The Morgan fingerprint density at radius 1 is 0.964 bits per heavy atom. The lowest BCUT2D eigenvalue weighted by molar-refractivity contribution is 0.0967. The Balaban J connectivity index is 1.76. The van der Waals surface area contributed by atoms with Gasteiger partial charge in [0, 0.05) is 11.8 Å². The Morgan fingerprint density at radius 2 is 1.71 bits per heavy atom. The summed E-state index contributed by atoms with van der Waals surface area (Å²) in [5.41, 5.74) is 1.11. The Labute approximate surface area is 175 Å². The van der Waals surface area contributed by atoms with Crippen LogP contribution in [0.5, 0.6) is 5.75 Å². The Morgan fingerprint density at radius 3 is 2.39 bits per heavy atom. The summed E-state index contributed by atoms with van der Waals surface area (Å²) in [5, 5.41) is 15.5. The fourth-order valence-corrected chi connectivity index (χ4v) is 2.96. The lowest BCUT2D eigenvalue weighted by Crippen LogP contribution is -2.34. The number of halogens is 3. The van der Waals surface area contributed by atoms with Gasteiger partial charge < -0.3 is 10.4 Å². The van der Waals surface area contributed by atoms with Gasteiger partial charge in [-0.15, -0.1) is 0 Å². The molecule has 0 unspecified atom stereocenters. The molecule has 3 aromatic rings. The molecule has 0 saturated carbocycles. The first-order chi connectivity index (χ1) is 13.4. The maximum absolute atomic E-state index is 12.1. The lowest BCUT2D eigenvalue weighted by atomic mass is 10.1. The topological polar surface area (TPSA) is 91.3 Å². The number of benzene rings is 2. The van der Waals surface area contributed by atoms with Gasteiger partial charge >= 0.3 is 6.03 Å². The van der Waals surface area contributed by atoms with E-state index in [-0.39, 0.29) is 27.0 Å². The summed E-state index contributed by atoms with van der Waals surface area (Å²) in [6.07, 6.45) is 1.45. The largest absolute Gasteiger partial charge is 0.504 e. The van der Waals surface area contributed by atoms with E-state index in [1.165, 1.54) is 24.4 Å². The van der Waals surface area contributed by atoms with Crippen molar-refractivity contribution in [3.05, 3.63) is 75.4 Å². The highest BCUT2D eigenvalue weighted by atomic mass is 35.5. The number of nitrogens with one attached hydrogen (secondary N) is 2. The van der Waals surface area contributed by atoms with Crippen molar-refractivity contribution in [1.82, 2.24) is 10.3 Å². The van der Waals surface area contributed by atoms with E-state index in [1.807, 2.05) is 0 Å². The number of carbonyl (C=O) groups is 2. The van der Waals surface area contributed by atoms with Gasteiger partial charge in [0.15, 0.2) is 5.75 Å². The van der Waals surface area contributed by atoms with Crippen molar-refractivity contribution in [2.75, 3.05) is 5.32 Å². The number of amides is 3. The van der Waals surface area contributed by atoms with E-state index < -0.39 is 11.9 Å². The molecule has 9 heteroatoms. The number of phenols is 1. The van der Waals surface area contributed by atoms with Crippen molar-refractivity contribution < 1.29 is 14.7 Å². The monoisotopic (exact) mass is 435 g/mol. The smallest absolute Gasteiger partial charge is 0.326 e. The minimum absolute atomic E-state index is 0.00921. The Kier molecular flexibility index (Phi) is 6.04. The highest BCUT2D eigenvalue weighted by Crippen LogP contribution is 2.39. The number of imide groups is 1. The zero-order valence-electron chi connectivity index (χ0n) is 14.0. The molecule has 0 aliphatic rings. The molecule has 3 rings (SSSR count). The second-order valence-corrected chi connectivity index (χ2v) is 6.79. The third-order valence-electron chi connectivity index (χ3n) is 3.71. The average molecular weight is 437 g/mol. The molecule has 3 amide bonds. The van der Waals surface area contributed by atoms with E-state index in [9.17, 15) is 14.7 Å². The standard InChI is InChI=1S/C19H12Cl3N3O3/c20-10-5-7-14(23-9-10)12-6-8-15(17(26)16(12)22)24-19(28)25-18(27)11-3-1-2-4-13(11)21/h1-9,26H,(H2,24,25,27,28). The predicted octanol–water partition coefficient (Wildman–Crippen LogP) is 5.38. The van der Waals surface area contributed by atoms with Crippen molar-refractivity contribution in [3.8, 4) is 17.0 Å². The van der Waals surface area contributed by atoms with Gasteiger partial charge in [-0.25, -0.2) is 4.79 Å². The molecule has 0 saturated heterocycles. The summed E-state index contributed by atoms with van der Waals surface area (Å²) in [4.78, 5) is 28.4. The van der Waals surface area contributed by atoms with Crippen molar-refractivity contribution in [2.45, 2.75) is 0 Å². The molecular weight excluding hydrogens is 425 g/mol. The predicted molar refractivity (Wildman–Crippen MR) is 109 cm³/mol. The maximum atomic E-state index is 12.1. The molecule has 2 aromatic carbocycles. The fraction of sp³-hybridized carbons (Fsp3) is 0. The quantitative estimate of drug-likeness (QED) is 0.481. The molecule has 6 nitrogen and oxygen atoms in total. The van der Waals surface area contributed by atoms with Gasteiger partial charge in [0.05, 0.1) is 32.0 Å². The van der Waals surface area contributed by atoms with Crippen molar-refractivity contribution in [1.29, 1.82) is 0 Å². The molecule has 0 spiro atoms. The number of carbonyl (C=O) groups excluding carboxylic acids is 2. The van der Waals surface area contributed by atoms with Crippen LogP contribution >= 0.6 is 34.8 Å². The first kappa shape index (κ1) is 19.9. The van der Waals surface area contributed by atoms with Crippen LogP contribution in [0.25, 0.3) is 11.3 Å². The number of urea groups is 1. The van der Waals surface area contributed by atoms with Crippen LogP contribution in [0.3, 0.4) is 0 Å². The molecule has 0 bridgehead atoms. The maximum Gasteiger partial charge on any atom is 0.326 e. The molecule has 1 heterocycles. The minimum atomic E-state index is -0.853. The molecule has 0 radical (unpaired) electrons. The van der Waals surface area contributed by atoms with Gasteiger partial charge in [-0.2, -0.15) is 0 Å². The van der Waals surface area contributed by atoms with Gasteiger partial charge in [0.2, 0.25) is 0 Å². The third-order valence-corrected chi connectivity index (χ3v) is 4.65. The van der Waals surface area contributed by atoms with Crippen LogP contribution in [-0.2, 0) is 0 Å². The van der Waals surface area contributed by atoms with E-state index in [1.54, 1.807) is 30.3 Å². The number of nitrogens with zero attached hydrogens (tertiary/aromatic N) is 1. The number of hydrogen-bond donors (Lipinski definition) is 3. The molecule has 142 valence electrons. The van der Waals surface area contributed by atoms with E-state index >= 15 is 0 Å². The summed E-state index contributed by atoms with van der Waals surface area (Å²) in [6, 6.07) is 11.7. The SMILES string of the molecule is O=C(NC(=O)c1ccccc1Cl)Nc1ccc(-c2ccc(Cl)cn2)c(Cl)c1O. The number of pyridine rings is 1. The number of aromatic hydroxyl groups is 1. The highest BCUT2D eigenvalue weighted by Gasteiger charge is 2.17.